The number of anilines is 1. The lowest BCUT2D eigenvalue weighted by Gasteiger charge is -2.29. The van der Waals surface area contributed by atoms with E-state index in [9.17, 15) is 4.79 Å². The Morgan fingerprint density at radius 3 is 2.83 bits per heavy atom. The molecule has 1 aliphatic heterocycles. The van der Waals surface area contributed by atoms with Crippen LogP contribution in [0.15, 0.2) is 24.3 Å². The number of ether oxygens (including phenoxy) is 2. The van der Waals surface area contributed by atoms with Crippen molar-refractivity contribution in [2.24, 2.45) is 0 Å². The molecule has 3 aromatic rings. The lowest BCUT2D eigenvalue weighted by Crippen LogP contribution is -2.43. The number of rotatable bonds is 7. The molecule has 0 atom stereocenters. The molecule has 3 heterocycles. The molecule has 30 heavy (non-hydrogen) atoms. The molecule has 0 bridgehead atoms. The van der Waals surface area contributed by atoms with Crippen LogP contribution in [0, 0.1) is 6.92 Å². The highest BCUT2D eigenvalue weighted by Gasteiger charge is 2.25. The topological polar surface area (TPSA) is 72.7 Å². The summed E-state index contributed by atoms with van der Waals surface area (Å²) < 4.78 is 13.5. The lowest BCUT2D eigenvalue weighted by molar-refractivity contribution is 0.0391. The molecular weight excluding hydrogens is 402 g/mol. The molecule has 1 saturated heterocycles. The van der Waals surface area contributed by atoms with E-state index in [1.165, 1.54) is 11.3 Å². The molecule has 1 aliphatic rings. The van der Waals surface area contributed by atoms with Crippen LogP contribution in [0.3, 0.4) is 0 Å². The van der Waals surface area contributed by atoms with Gasteiger partial charge in [0.25, 0.3) is 5.91 Å². The first-order valence-electron chi connectivity index (χ1n) is 10.2. The Bertz CT molecular complexity index is 1020. The Morgan fingerprint density at radius 1 is 1.30 bits per heavy atom. The number of methoxy groups -OCH3 is 1. The van der Waals surface area contributed by atoms with Crippen molar-refractivity contribution in [1.82, 2.24) is 19.7 Å². The van der Waals surface area contributed by atoms with Crippen molar-refractivity contribution in [2.45, 2.75) is 20.4 Å². The number of nitrogens with zero attached hydrogens (tertiary/aromatic N) is 5. The molecule has 1 amide bonds. The Balaban J connectivity index is 1.66. The number of thiazole rings is 1. The van der Waals surface area contributed by atoms with Gasteiger partial charge in [0.05, 0.1) is 36.2 Å². The number of benzene rings is 1. The molecule has 1 aromatic carbocycles. The third kappa shape index (κ3) is 4.33. The van der Waals surface area contributed by atoms with Gasteiger partial charge in [-0.2, -0.15) is 5.10 Å². The summed E-state index contributed by atoms with van der Waals surface area (Å²) in [7, 11) is 1.65. The minimum atomic E-state index is -0.0725. The molecule has 8 nitrogen and oxygen atoms in total. The van der Waals surface area contributed by atoms with E-state index in [-0.39, 0.29) is 5.91 Å². The van der Waals surface area contributed by atoms with Gasteiger partial charge in [-0.3, -0.25) is 19.3 Å². The van der Waals surface area contributed by atoms with Gasteiger partial charge in [0.1, 0.15) is 11.4 Å². The van der Waals surface area contributed by atoms with Gasteiger partial charge in [0.2, 0.25) is 0 Å². The number of amides is 1. The molecule has 1 fully saturated rings. The van der Waals surface area contributed by atoms with Crippen LogP contribution in [0.5, 0.6) is 5.75 Å². The van der Waals surface area contributed by atoms with Gasteiger partial charge in [0.15, 0.2) is 5.13 Å². The Labute approximate surface area is 180 Å². The second-order valence-corrected chi connectivity index (χ2v) is 8.24. The van der Waals surface area contributed by atoms with Crippen LogP contribution < -0.4 is 9.64 Å². The third-order valence-corrected chi connectivity index (χ3v) is 6.27. The van der Waals surface area contributed by atoms with E-state index in [0.717, 1.165) is 54.5 Å². The first-order chi connectivity index (χ1) is 14.6. The van der Waals surface area contributed by atoms with Crippen LogP contribution in [-0.2, 0) is 11.3 Å². The van der Waals surface area contributed by atoms with Crippen LogP contribution in [0.2, 0.25) is 0 Å². The van der Waals surface area contributed by atoms with Crippen molar-refractivity contribution in [2.75, 3.05) is 51.4 Å². The average Bonchev–Trinajstić information content (AvgIpc) is 3.36. The molecular formula is C21H27N5O3S. The summed E-state index contributed by atoms with van der Waals surface area (Å²) >= 11 is 1.51. The summed E-state index contributed by atoms with van der Waals surface area (Å²) in [6, 6.07) is 7.63. The van der Waals surface area contributed by atoms with Gasteiger partial charge in [-0.15, -0.1) is 0 Å². The number of aryl methyl sites for hydroxylation is 2. The fraction of sp³-hybridized carbons (Fsp3) is 0.476. The Kier molecular flexibility index (Phi) is 6.31. The van der Waals surface area contributed by atoms with Crippen molar-refractivity contribution in [3.8, 4) is 5.75 Å². The first-order valence-corrected chi connectivity index (χ1v) is 11.0. The zero-order valence-electron chi connectivity index (χ0n) is 17.6. The molecule has 0 spiro atoms. The van der Waals surface area contributed by atoms with Crippen molar-refractivity contribution in [1.29, 1.82) is 0 Å². The van der Waals surface area contributed by atoms with Crippen molar-refractivity contribution < 1.29 is 14.3 Å². The van der Waals surface area contributed by atoms with Crippen molar-refractivity contribution in [3.05, 3.63) is 35.7 Å². The summed E-state index contributed by atoms with van der Waals surface area (Å²) in [5, 5.41) is 5.14. The largest absolute Gasteiger partial charge is 0.497 e. The SMILES string of the molecule is CCn1nc(C)cc1C(=O)N(CCN1CCOCC1)c1nc2ccc(OC)cc2s1. The van der Waals surface area contributed by atoms with E-state index < -0.39 is 0 Å². The summed E-state index contributed by atoms with van der Waals surface area (Å²) in [6.07, 6.45) is 0. The van der Waals surface area contributed by atoms with Crippen molar-refractivity contribution in [3.63, 3.8) is 0 Å². The molecule has 160 valence electrons. The summed E-state index contributed by atoms with van der Waals surface area (Å²) in [4.78, 5) is 22.4. The molecule has 0 aliphatic carbocycles. The quantitative estimate of drug-likeness (QED) is 0.575. The van der Waals surface area contributed by atoms with Gasteiger partial charge in [0, 0.05) is 32.7 Å². The van der Waals surface area contributed by atoms with E-state index in [2.05, 4.69) is 10.00 Å². The summed E-state index contributed by atoms with van der Waals surface area (Å²) in [5.41, 5.74) is 2.29. The lowest BCUT2D eigenvalue weighted by atomic mass is 10.3. The maximum absolute atomic E-state index is 13.6. The number of carbonyl (C=O) groups excluding carboxylic acids is 1. The van der Waals surface area contributed by atoms with E-state index in [1.54, 1.807) is 16.7 Å². The second kappa shape index (κ2) is 9.11. The smallest absolute Gasteiger partial charge is 0.278 e. The summed E-state index contributed by atoms with van der Waals surface area (Å²) in [6.45, 7) is 9.10. The maximum Gasteiger partial charge on any atom is 0.278 e. The number of hydrogen-bond donors (Lipinski definition) is 0. The Morgan fingerprint density at radius 2 is 2.10 bits per heavy atom. The molecule has 9 heteroatoms. The highest BCUT2D eigenvalue weighted by molar-refractivity contribution is 7.22. The molecule has 0 N–H and O–H groups in total. The fourth-order valence-electron chi connectivity index (χ4n) is 3.58. The van der Waals surface area contributed by atoms with Gasteiger partial charge in [-0.05, 0) is 38.1 Å². The van der Waals surface area contributed by atoms with Crippen LogP contribution in [0.4, 0.5) is 5.13 Å². The number of carbonyl (C=O) groups is 1. The minimum Gasteiger partial charge on any atom is -0.497 e. The van der Waals surface area contributed by atoms with Crippen LogP contribution in [-0.4, -0.2) is 72.1 Å². The van der Waals surface area contributed by atoms with Crippen LogP contribution >= 0.6 is 11.3 Å². The molecule has 0 saturated carbocycles. The first kappa shape index (κ1) is 20.8. The predicted octanol–water partition coefficient (Wildman–Crippen LogP) is 2.81. The standard InChI is InChI=1S/C21H27N5O3S/c1-4-26-18(13-15(2)23-26)20(27)25(8-7-24-9-11-29-12-10-24)21-22-17-6-5-16(28-3)14-19(17)30-21/h5-6,13-14H,4,7-12H2,1-3H3. The normalized spacial score (nSPS) is 14.9. The molecule has 4 rings (SSSR count). The highest BCUT2D eigenvalue weighted by atomic mass is 32.1. The Hall–Kier alpha value is -2.49. The number of fused-ring (bicyclic) bond motifs is 1. The number of morpholine rings is 1. The maximum atomic E-state index is 13.6. The zero-order valence-corrected chi connectivity index (χ0v) is 18.4. The molecule has 2 aromatic heterocycles. The van der Waals surface area contributed by atoms with Crippen LogP contribution in [0.1, 0.15) is 23.1 Å². The minimum absolute atomic E-state index is 0.0725. The average molecular weight is 430 g/mol. The van der Waals surface area contributed by atoms with E-state index in [0.29, 0.717) is 23.9 Å². The van der Waals surface area contributed by atoms with Crippen molar-refractivity contribution >= 4 is 32.6 Å². The van der Waals surface area contributed by atoms with Crippen LogP contribution in [0.25, 0.3) is 10.2 Å². The fourth-order valence-corrected chi connectivity index (χ4v) is 4.60. The zero-order chi connectivity index (χ0) is 21.1. The van der Waals surface area contributed by atoms with Gasteiger partial charge in [-0.25, -0.2) is 4.98 Å². The van der Waals surface area contributed by atoms with Gasteiger partial charge in [-0.1, -0.05) is 11.3 Å². The monoisotopic (exact) mass is 429 g/mol. The van der Waals surface area contributed by atoms with E-state index in [4.69, 9.17) is 14.5 Å². The number of hydrogen-bond acceptors (Lipinski definition) is 7. The highest BCUT2D eigenvalue weighted by Crippen LogP contribution is 2.32. The van der Waals surface area contributed by atoms with E-state index >= 15 is 0 Å². The van der Waals surface area contributed by atoms with Gasteiger partial charge >= 0.3 is 0 Å². The molecule has 0 unspecified atom stereocenters. The second-order valence-electron chi connectivity index (χ2n) is 7.23. The van der Waals surface area contributed by atoms with Gasteiger partial charge < -0.3 is 9.47 Å². The molecule has 0 radical (unpaired) electrons. The van der Waals surface area contributed by atoms with E-state index in [1.807, 2.05) is 38.1 Å². The summed E-state index contributed by atoms with van der Waals surface area (Å²) in [5.74, 6) is 0.709. The predicted molar refractivity (Wildman–Crippen MR) is 118 cm³/mol. The third-order valence-electron chi connectivity index (χ3n) is 5.22. The number of aromatic nitrogens is 3.